The van der Waals surface area contributed by atoms with E-state index >= 15 is 0 Å². The lowest BCUT2D eigenvalue weighted by Crippen LogP contribution is -2.48. The molecule has 1 unspecified atom stereocenters. The van der Waals surface area contributed by atoms with Crippen LogP contribution in [0, 0.1) is 11.6 Å². The van der Waals surface area contributed by atoms with Gasteiger partial charge in [0.05, 0.1) is 24.9 Å². The highest BCUT2D eigenvalue weighted by atomic mass is 19.1. The quantitative estimate of drug-likeness (QED) is 0.415. The summed E-state index contributed by atoms with van der Waals surface area (Å²) in [4.78, 5) is 28.4. The van der Waals surface area contributed by atoms with Gasteiger partial charge in [-0.25, -0.2) is 8.78 Å². The smallest absolute Gasteiger partial charge is 0.255 e. The summed E-state index contributed by atoms with van der Waals surface area (Å²) in [5, 5.41) is 17.4. The molecule has 214 valence electrons. The third-order valence-electron chi connectivity index (χ3n) is 7.29. The molecule has 2 aromatic carbocycles. The van der Waals surface area contributed by atoms with E-state index in [1.165, 1.54) is 20.1 Å². The van der Waals surface area contributed by atoms with Crippen LogP contribution in [0.2, 0.25) is 0 Å². The number of hydrogen-bond acceptors (Lipinski definition) is 6. The second kappa shape index (κ2) is 11.9. The number of aliphatic hydroxyl groups is 1. The number of allylic oxidation sites excluding steroid dienone is 2. The molecule has 1 saturated heterocycles. The predicted octanol–water partition coefficient (Wildman–Crippen LogP) is 3.30. The highest BCUT2D eigenvalue weighted by Gasteiger charge is 2.35. The SMILES string of the molecule is COc1ccc(F)c(CNC(=O)c2cn(Cc3ccc(CN4C=CC=CC4O)cc3)nc2C2CN(C(C)=O)C2)c1F. The average Bonchev–Trinajstić information content (AvgIpc) is 3.33. The summed E-state index contributed by atoms with van der Waals surface area (Å²) in [6.07, 6.45) is 8.16. The number of benzene rings is 2. The minimum atomic E-state index is -0.870. The Kier molecular flexibility index (Phi) is 8.16. The molecule has 3 aromatic rings. The van der Waals surface area contributed by atoms with Crippen LogP contribution in [0.15, 0.2) is 67.0 Å². The van der Waals surface area contributed by atoms with Gasteiger partial charge in [0.25, 0.3) is 5.91 Å². The number of aliphatic hydroxyl groups excluding tert-OH is 1. The summed E-state index contributed by atoms with van der Waals surface area (Å²) < 4.78 is 35.5. The minimum Gasteiger partial charge on any atom is -0.494 e. The molecule has 0 radical (unpaired) electrons. The lowest BCUT2D eigenvalue weighted by Gasteiger charge is -2.38. The molecular weight excluding hydrogens is 532 g/mol. The van der Waals surface area contributed by atoms with E-state index in [4.69, 9.17) is 4.74 Å². The van der Waals surface area contributed by atoms with Crippen molar-refractivity contribution in [2.75, 3.05) is 20.2 Å². The number of ether oxygens (including phenoxy) is 1. The minimum absolute atomic E-state index is 0.0562. The van der Waals surface area contributed by atoms with Crippen molar-refractivity contribution in [3.8, 4) is 5.75 Å². The maximum Gasteiger partial charge on any atom is 0.255 e. The van der Waals surface area contributed by atoms with Crippen LogP contribution >= 0.6 is 0 Å². The highest BCUT2D eigenvalue weighted by Crippen LogP contribution is 2.29. The van der Waals surface area contributed by atoms with Crippen molar-refractivity contribution in [2.45, 2.75) is 38.7 Å². The Labute approximate surface area is 236 Å². The van der Waals surface area contributed by atoms with Gasteiger partial charge >= 0.3 is 0 Å². The first-order chi connectivity index (χ1) is 19.7. The highest BCUT2D eigenvalue weighted by molar-refractivity contribution is 5.95. The molecule has 2 amide bonds. The van der Waals surface area contributed by atoms with E-state index < -0.39 is 23.8 Å². The van der Waals surface area contributed by atoms with Gasteiger partial charge in [-0.2, -0.15) is 5.10 Å². The van der Waals surface area contributed by atoms with Gasteiger partial charge in [0.15, 0.2) is 11.6 Å². The van der Waals surface area contributed by atoms with Crippen molar-refractivity contribution in [1.29, 1.82) is 0 Å². The number of amides is 2. The summed E-state index contributed by atoms with van der Waals surface area (Å²) in [6, 6.07) is 10.1. The van der Waals surface area contributed by atoms with E-state index in [0.29, 0.717) is 31.9 Å². The van der Waals surface area contributed by atoms with Crippen LogP contribution in [0.1, 0.15) is 45.6 Å². The number of hydrogen-bond donors (Lipinski definition) is 2. The summed E-state index contributed by atoms with van der Waals surface area (Å²) in [7, 11) is 1.28. The fourth-order valence-electron chi connectivity index (χ4n) is 4.88. The van der Waals surface area contributed by atoms with Crippen LogP contribution < -0.4 is 10.1 Å². The Morgan fingerprint density at radius 3 is 2.44 bits per heavy atom. The number of carbonyl (C=O) groups is 2. The molecular formula is C30H31F2N5O4. The van der Waals surface area contributed by atoms with Gasteiger partial charge in [0.1, 0.15) is 12.0 Å². The van der Waals surface area contributed by atoms with Crippen molar-refractivity contribution >= 4 is 11.8 Å². The number of carbonyl (C=O) groups excluding carboxylic acids is 2. The molecule has 1 fully saturated rings. The fourth-order valence-corrected chi connectivity index (χ4v) is 4.88. The van der Waals surface area contributed by atoms with Gasteiger partial charge in [-0.3, -0.25) is 14.3 Å². The molecule has 1 atom stereocenters. The van der Waals surface area contributed by atoms with Crippen LogP contribution in [-0.4, -0.2) is 62.9 Å². The van der Waals surface area contributed by atoms with E-state index in [2.05, 4.69) is 10.4 Å². The molecule has 9 nitrogen and oxygen atoms in total. The summed E-state index contributed by atoms with van der Waals surface area (Å²) in [5.74, 6) is -2.49. The molecule has 2 N–H and O–H groups in total. The number of nitrogens with one attached hydrogen (secondary N) is 1. The molecule has 0 bridgehead atoms. The maximum atomic E-state index is 14.6. The molecule has 2 aliphatic rings. The molecule has 5 rings (SSSR count). The third kappa shape index (κ3) is 6.14. The Bertz CT molecular complexity index is 1500. The summed E-state index contributed by atoms with van der Waals surface area (Å²) in [5.41, 5.74) is 2.48. The topological polar surface area (TPSA) is 99.9 Å². The van der Waals surface area contributed by atoms with Crippen LogP contribution in [0.25, 0.3) is 0 Å². The van der Waals surface area contributed by atoms with Crippen molar-refractivity contribution in [3.63, 3.8) is 0 Å². The fraction of sp³-hybridized carbons (Fsp3) is 0.300. The lowest BCUT2D eigenvalue weighted by molar-refractivity contribution is -0.133. The molecule has 11 heteroatoms. The average molecular weight is 564 g/mol. The van der Waals surface area contributed by atoms with Gasteiger partial charge in [-0.1, -0.05) is 30.3 Å². The lowest BCUT2D eigenvalue weighted by atomic mass is 9.93. The maximum absolute atomic E-state index is 14.6. The number of nitrogens with zero attached hydrogens (tertiary/aromatic N) is 4. The number of rotatable bonds is 9. The van der Waals surface area contributed by atoms with Gasteiger partial charge in [0.2, 0.25) is 5.91 Å². The van der Waals surface area contributed by atoms with Crippen molar-refractivity contribution in [3.05, 3.63) is 107 Å². The van der Waals surface area contributed by atoms with Crippen LogP contribution in [-0.2, 0) is 24.4 Å². The van der Waals surface area contributed by atoms with Crippen LogP contribution in [0.3, 0.4) is 0 Å². The first-order valence-corrected chi connectivity index (χ1v) is 13.2. The van der Waals surface area contributed by atoms with Crippen molar-refractivity contribution < 1.29 is 28.2 Å². The third-order valence-corrected chi connectivity index (χ3v) is 7.29. The van der Waals surface area contributed by atoms with Crippen LogP contribution in [0.4, 0.5) is 8.78 Å². The van der Waals surface area contributed by atoms with E-state index in [9.17, 15) is 23.5 Å². The number of aromatic nitrogens is 2. The zero-order valence-corrected chi connectivity index (χ0v) is 22.8. The molecule has 1 aromatic heterocycles. The van der Waals surface area contributed by atoms with Crippen molar-refractivity contribution in [2.24, 2.45) is 0 Å². The molecule has 3 heterocycles. The van der Waals surface area contributed by atoms with Gasteiger partial charge in [0, 0.05) is 57.0 Å². The van der Waals surface area contributed by atoms with E-state index in [0.717, 1.165) is 17.2 Å². The predicted molar refractivity (Wildman–Crippen MR) is 147 cm³/mol. The molecule has 41 heavy (non-hydrogen) atoms. The van der Waals surface area contributed by atoms with Gasteiger partial charge < -0.3 is 25.0 Å². The Morgan fingerprint density at radius 2 is 1.78 bits per heavy atom. The van der Waals surface area contributed by atoms with E-state index in [-0.39, 0.29) is 35.2 Å². The zero-order valence-electron chi connectivity index (χ0n) is 22.8. The largest absolute Gasteiger partial charge is 0.494 e. The molecule has 0 spiro atoms. The van der Waals surface area contributed by atoms with Gasteiger partial charge in [-0.05, 0) is 35.4 Å². The van der Waals surface area contributed by atoms with E-state index in [1.807, 2.05) is 41.4 Å². The van der Waals surface area contributed by atoms with E-state index in [1.54, 1.807) is 27.9 Å². The second-order valence-corrected chi connectivity index (χ2v) is 10.1. The zero-order chi connectivity index (χ0) is 29.1. The number of halogens is 2. The monoisotopic (exact) mass is 563 g/mol. The molecule has 2 aliphatic heterocycles. The van der Waals surface area contributed by atoms with Gasteiger partial charge in [-0.15, -0.1) is 0 Å². The normalized spacial score (nSPS) is 16.6. The second-order valence-electron chi connectivity index (χ2n) is 10.1. The summed E-state index contributed by atoms with van der Waals surface area (Å²) >= 11 is 0. The molecule has 0 saturated carbocycles. The number of methoxy groups -OCH3 is 1. The standard InChI is InChI=1S/C30H31F2N5O4/c1-19(38)36-16-22(17-36)29-24(30(40)33-13-23-25(31)10-11-26(41-2)28(23)32)18-37(34-29)15-21-8-6-20(7-9-21)14-35-12-4-3-5-27(35)39/h3-12,18,22,27,39H,13-17H2,1-2H3,(H,33,40). The number of likely N-dealkylation sites (tertiary alicyclic amines) is 1. The van der Waals surface area contributed by atoms with Crippen LogP contribution in [0.5, 0.6) is 5.75 Å². The Hall–Kier alpha value is -4.51. The van der Waals surface area contributed by atoms with Crippen molar-refractivity contribution in [1.82, 2.24) is 24.9 Å². The Balaban J connectivity index is 1.31. The first-order valence-electron chi connectivity index (χ1n) is 13.2. The first kappa shape index (κ1) is 28.0. The molecule has 0 aliphatic carbocycles. The summed E-state index contributed by atoms with van der Waals surface area (Å²) in [6.45, 7) is 2.92. The Morgan fingerprint density at radius 1 is 1.07 bits per heavy atom.